The molecule has 2 heterocycles. The molecule has 2 aromatic heterocycles. The number of para-hydroxylation sites is 1. The van der Waals surface area contributed by atoms with Crippen LogP contribution in [-0.2, 0) is 0 Å². The van der Waals surface area contributed by atoms with Crippen LogP contribution >= 0.6 is 27.3 Å². The molecule has 0 aliphatic carbocycles. The molecule has 0 amide bonds. The van der Waals surface area contributed by atoms with Crippen LogP contribution in [0.1, 0.15) is 0 Å². The molecule has 3 rings (SSSR count). The Balaban J connectivity index is 1.96. The van der Waals surface area contributed by atoms with Gasteiger partial charge in [-0.3, -0.25) is 0 Å². The Morgan fingerprint density at radius 2 is 2.11 bits per heavy atom. The van der Waals surface area contributed by atoms with Crippen molar-refractivity contribution >= 4 is 48.4 Å². The Morgan fingerprint density at radius 3 is 2.89 bits per heavy atom. The van der Waals surface area contributed by atoms with Gasteiger partial charge in [0.05, 0.1) is 23.5 Å². The number of thiazole rings is 1. The van der Waals surface area contributed by atoms with Gasteiger partial charge in [0.2, 0.25) is 0 Å². The summed E-state index contributed by atoms with van der Waals surface area (Å²) in [6, 6.07) is 7.96. The zero-order chi connectivity index (χ0) is 13.2. The predicted molar refractivity (Wildman–Crippen MR) is 79.2 cm³/mol. The molecule has 7 heteroatoms. The van der Waals surface area contributed by atoms with E-state index in [9.17, 15) is 0 Å². The molecule has 0 unspecified atom stereocenters. The number of hydrogen-bond donors (Lipinski definition) is 1. The van der Waals surface area contributed by atoms with E-state index in [1.54, 1.807) is 24.6 Å². The minimum atomic E-state index is 0.425. The Labute approximate surface area is 121 Å². The van der Waals surface area contributed by atoms with Gasteiger partial charge in [0, 0.05) is 0 Å². The lowest BCUT2D eigenvalue weighted by Crippen LogP contribution is -1.99. The number of nitrogens with zero attached hydrogens (tertiary/aromatic N) is 3. The van der Waals surface area contributed by atoms with Gasteiger partial charge in [-0.25, -0.2) is 15.0 Å². The molecule has 0 saturated heterocycles. The van der Waals surface area contributed by atoms with Crippen LogP contribution in [0.3, 0.4) is 0 Å². The fourth-order valence-corrected chi connectivity index (χ4v) is 2.74. The van der Waals surface area contributed by atoms with Crippen LogP contribution in [-0.4, -0.2) is 22.1 Å². The molecule has 0 radical (unpaired) electrons. The van der Waals surface area contributed by atoms with Crippen molar-refractivity contribution in [1.29, 1.82) is 0 Å². The van der Waals surface area contributed by atoms with E-state index in [1.165, 1.54) is 0 Å². The Bertz CT molecular complexity index is 698. The highest BCUT2D eigenvalue weighted by Crippen LogP contribution is 2.30. The third-order valence-electron chi connectivity index (χ3n) is 2.42. The van der Waals surface area contributed by atoms with E-state index in [0.29, 0.717) is 16.3 Å². The molecule has 5 nitrogen and oxygen atoms in total. The van der Waals surface area contributed by atoms with Gasteiger partial charge in [-0.15, -0.1) is 0 Å². The van der Waals surface area contributed by atoms with E-state index in [-0.39, 0.29) is 0 Å². The maximum atomic E-state index is 5.18. The number of methoxy groups -OCH3 is 1. The Hall–Kier alpha value is -1.73. The van der Waals surface area contributed by atoms with Gasteiger partial charge >= 0.3 is 0 Å². The topological polar surface area (TPSA) is 59.9 Å². The van der Waals surface area contributed by atoms with E-state index in [2.05, 4.69) is 36.2 Å². The van der Waals surface area contributed by atoms with Gasteiger partial charge in [-0.1, -0.05) is 23.5 Å². The maximum absolute atomic E-state index is 5.18. The number of hydrogen-bond acceptors (Lipinski definition) is 6. The van der Waals surface area contributed by atoms with E-state index in [0.717, 1.165) is 15.3 Å². The fraction of sp³-hybridized carbons (Fsp3) is 0.0833. The van der Waals surface area contributed by atoms with Crippen molar-refractivity contribution in [2.45, 2.75) is 0 Å². The van der Waals surface area contributed by atoms with Crippen molar-refractivity contribution in [3.8, 4) is 5.88 Å². The van der Waals surface area contributed by atoms with Gasteiger partial charge in [0.15, 0.2) is 10.9 Å². The minimum Gasteiger partial charge on any atom is -0.478 e. The molecule has 0 fully saturated rings. The van der Waals surface area contributed by atoms with Crippen LogP contribution in [0.15, 0.2) is 35.1 Å². The largest absolute Gasteiger partial charge is 0.478 e. The first-order chi connectivity index (χ1) is 9.26. The zero-order valence-electron chi connectivity index (χ0n) is 9.92. The van der Waals surface area contributed by atoms with E-state index in [4.69, 9.17) is 4.74 Å². The summed E-state index contributed by atoms with van der Waals surface area (Å²) in [5.41, 5.74) is 0.957. The van der Waals surface area contributed by atoms with Crippen LogP contribution in [0.25, 0.3) is 10.2 Å². The molecule has 0 saturated carbocycles. The summed E-state index contributed by atoms with van der Waals surface area (Å²) in [5, 5.41) is 3.89. The number of aromatic nitrogens is 3. The molecule has 0 aliphatic rings. The predicted octanol–water partition coefficient (Wildman–Crippen LogP) is 3.60. The second kappa shape index (κ2) is 5.10. The molecule has 96 valence electrons. The first-order valence-corrected chi connectivity index (χ1v) is 7.06. The highest BCUT2D eigenvalue weighted by Gasteiger charge is 2.10. The third-order valence-corrected chi connectivity index (χ3v) is 3.76. The number of fused-ring (bicyclic) bond motifs is 1. The Kier molecular flexibility index (Phi) is 3.31. The molecule has 0 aliphatic heterocycles. The molecular formula is C12H9BrN4OS. The molecule has 1 N–H and O–H groups in total. The number of anilines is 2. The summed E-state index contributed by atoms with van der Waals surface area (Å²) >= 11 is 4.81. The van der Waals surface area contributed by atoms with E-state index in [1.807, 2.05) is 24.3 Å². The molecule has 19 heavy (non-hydrogen) atoms. The second-order valence-corrected chi connectivity index (χ2v) is 5.51. The lowest BCUT2D eigenvalue weighted by atomic mass is 10.3. The van der Waals surface area contributed by atoms with Crippen molar-refractivity contribution in [3.63, 3.8) is 0 Å². The number of halogens is 1. The van der Waals surface area contributed by atoms with Crippen molar-refractivity contribution in [1.82, 2.24) is 15.0 Å². The Morgan fingerprint density at radius 1 is 1.26 bits per heavy atom. The van der Waals surface area contributed by atoms with Crippen molar-refractivity contribution in [2.75, 3.05) is 12.4 Å². The molecule has 0 bridgehead atoms. The molecule has 1 aromatic carbocycles. The summed E-state index contributed by atoms with van der Waals surface area (Å²) in [5.74, 6) is 0.971. The summed E-state index contributed by atoms with van der Waals surface area (Å²) in [6.07, 6.45) is 1.61. The van der Waals surface area contributed by atoms with Gasteiger partial charge in [-0.2, -0.15) is 0 Å². The summed E-state index contributed by atoms with van der Waals surface area (Å²) in [7, 11) is 1.56. The van der Waals surface area contributed by atoms with Crippen LogP contribution in [0.5, 0.6) is 5.88 Å². The molecule has 0 atom stereocenters. The van der Waals surface area contributed by atoms with E-state index >= 15 is 0 Å². The number of rotatable bonds is 3. The van der Waals surface area contributed by atoms with Crippen LogP contribution in [0.4, 0.5) is 10.9 Å². The monoisotopic (exact) mass is 336 g/mol. The van der Waals surface area contributed by atoms with Gasteiger partial charge in [0.1, 0.15) is 4.60 Å². The molecule has 0 spiro atoms. The smallest absolute Gasteiger partial charge is 0.258 e. The van der Waals surface area contributed by atoms with Gasteiger partial charge in [-0.05, 0) is 28.1 Å². The van der Waals surface area contributed by atoms with Crippen molar-refractivity contribution in [2.24, 2.45) is 0 Å². The first-order valence-electron chi connectivity index (χ1n) is 5.45. The fourth-order valence-electron chi connectivity index (χ4n) is 1.61. The molecular weight excluding hydrogens is 328 g/mol. The standard InChI is InChI=1S/C12H9BrN4OS/c1-18-11-10(14-6-9(13)16-11)17-12-15-7-4-2-3-5-8(7)19-12/h2-6H,1H3,(H,14,15,17). The quantitative estimate of drug-likeness (QED) is 0.791. The first kappa shape index (κ1) is 12.3. The molecule has 3 aromatic rings. The van der Waals surface area contributed by atoms with Gasteiger partial charge < -0.3 is 10.1 Å². The van der Waals surface area contributed by atoms with E-state index < -0.39 is 0 Å². The highest BCUT2D eigenvalue weighted by molar-refractivity contribution is 9.10. The third kappa shape index (κ3) is 2.52. The summed E-state index contributed by atoms with van der Waals surface area (Å²) in [4.78, 5) is 12.9. The van der Waals surface area contributed by atoms with Gasteiger partial charge in [0.25, 0.3) is 5.88 Å². The van der Waals surface area contributed by atoms with Crippen LogP contribution < -0.4 is 10.1 Å². The summed E-state index contributed by atoms with van der Waals surface area (Å²) < 4.78 is 6.93. The number of ether oxygens (including phenoxy) is 1. The van der Waals surface area contributed by atoms with Crippen LogP contribution in [0.2, 0.25) is 0 Å². The van der Waals surface area contributed by atoms with Crippen LogP contribution in [0, 0.1) is 0 Å². The second-order valence-electron chi connectivity index (χ2n) is 3.66. The number of benzene rings is 1. The normalized spacial score (nSPS) is 10.6. The zero-order valence-corrected chi connectivity index (χ0v) is 12.3. The minimum absolute atomic E-state index is 0.425. The average molecular weight is 337 g/mol. The lowest BCUT2D eigenvalue weighted by Gasteiger charge is -2.06. The number of nitrogens with one attached hydrogen (secondary N) is 1. The SMILES string of the molecule is COc1nc(Br)cnc1Nc1nc2ccccc2s1. The highest BCUT2D eigenvalue weighted by atomic mass is 79.9. The maximum Gasteiger partial charge on any atom is 0.258 e. The summed E-state index contributed by atoms with van der Waals surface area (Å²) in [6.45, 7) is 0. The lowest BCUT2D eigenvalue weighted by molar-refractivity contribution is 0.397. The average Bonchev–Trinajstić information content (AvgIpc) is 2.83. The van der Waals surface area contributed by atoms with Crippen molar-refractivity contribution < 1.29 is 4.74 Å². The van der Waals surface area contributed by atoms with Crippen molar-refractivity contribution in [3.05, 3.63) is 35.1 Å².